The van der Waals surface area contributed by atoms with Crippen LogP contribution in [-0.4, -0.2) is 5.78 Å². The maximum Gasteiger partial charge on any atom is 0.227 e. The van der Waals surface area contributed by atoms with Crippen LogP contribution in [-0.2, 0) is 6.54 Å². The average Bonchev–Trinajstić information content (AvgIpc) is 2.73. The van der Waals surface area contributed by atoms with Gasteiger partial charge in [0.15, 0.2) is 12.4 Å². The van der Waals surface area contributed by atoms with Crippen molar-refractivity contribution in [3.63, 3.8) is 0 Å². The maximum absolute atomic E-state index is 13.0. The zero-order valence-corrected chi connectivity index (χ0v) is 15.7. The van der Waals surface area contributed by atoms with Crippen LogP contribution in [0.4, 0.5) is 0 Å². The summed E-state index contributed by atoms with van der Waals surface area (Å²) >= 11 is 0. The number of rotatable bonds is 3. The number of ketones is 1. The molecule has 0 unspecified atom stereocenters. The zero-order valence-electron chi connectivity index (χ0n) is 15.7. The molecule has 5 aromatic rings. The second kappa shape index (κ2) is 6.58. The van der Waals surface area contributed by atoms with Crippen molar-refractivity contribution < 1.29 is 9.36 Å². The Kier molecular flexibility index (Phi) is 3.91. The van der Waals surface area contributed by atoms with Gasteiger partial charge < -0.3 is 0 Å². The maximum atomic E-state index is 13.0. The van der Waals surface area contributed by atoms with Crippen molar-refractivity contribution in [2.45, 2.75) is 13.5 Å². The van der Waals surface area contributed by atoms with Crippen molar-refractivity contribution in [1.82, 2.24) is 0 Å². The van der Waals surface area contributed by atoms with Crippen molar-refractivity contribution in [3.05, 3.63) is 102 Å². The normalized spacial score (nSPS) is 11.3. The first kappa shape index (κ1) is 16.6. The fourth-order valence-electron chi connectivity index (χ4n) is 4.00. The van der Waals surface area contributed by atoms with E-state index in [1.54, 1.807) is 0 Å². The predicted molar refractivity (Wildman–Crippen MR) is 115 cm³/mol. The molecule has 0 spiro atoms. The highest BCUT2D eigenvalue weighted by Gasteiger charge is 2.14. The van der Waals surface area contributed by atoms with E-state index in [4.69, 9.17) is 0 Å². The van der Waals surface area contributed by atoms with Crippen LogP contribution in [0.1, 0.15) is 15.9 Å². The van der Waals surface area contributed by atoms with E-state index in [2.05, 4.69) is 61.5 Å². The first-order chi connectivity index (χ1) is 13.7. The van der Waals surface area contributed by atoms with E-state index in [1.165, 1.54) is 27.1 Å². The number of aromatic nitrogens is 1. The molecule has 1 heterocycles. The van der Waals surface area contributed by atoms with Crippen LogP contribution in [0, 0.1) is 6.92 Å². The molecule has 0 bridgehead atoms. The number of benzene rings is 4. The predicted octanol–water partition coefficient (Wildman–Crippen LogP) is 5.63. The molecule has 0 saturated heterocycles. The Morgan fingerprint density at radius 2 is 1.50 bits per heavy atom. The third-order valence-corrected chi connectivity index (χ3v) is 5.46. The van der Waals surface area contributed by atoms with Crippen molar-refractivity contribution in [2.24, 2.45) is 0 Å². The SMILES string of the molecule is Cc1cc2ccc(C(=O)C[n+]3ccc4ccccc4c3)cc2c2ccccc12. The molecule has 0 radical (unpaired) electrons. The summed E-state index contributed by atoms with van der Waals surface area (Å²) in [6.07, 6.45) is 4.01. The molecule has 0 amide bonds. The van der Waals surface area contributed by atoms with E-state index in [1.807, 2.05) is 41.2 Å². The average molecular weight is 362 g/mol. The Labute approximate surface area is 163 Å². The Hall–Kier alpha value is -3.52. The number of hydrogen-bond acceptors (Lipinski definition) is 1. The number of aryl methyl sites for hydroxylation is 1. The summed E-state index contributed by atoms with van der Waals surface area (Å²) in [7, 11) is 0. The molecule has 0 aliphatic heterocycles. The minimum Gasteiger partial charge on any atom is -0.287 e. The van der Waals surface area contributed by atoms with Gasteiger partial charge >= 0.3 is 0 Å². The Morgan fingerprint density at radius 1 is 0.750 bits per heavy atom. The van der Waals surface area contributed by atoms with Gasteiger partial charge in [-0.2, -0.15) is 4.57 Å². The largest absolute Gasteiger partial charge is 0.287 e. The summed E-state index contributed by atoms with van der Waals surface area (Å²) in [6.45, 7) is 2.47. The number of Topliss-reactive ketones (excluding diaryl/α,β-unsaturated/α-hetero) is 1. The molecular weight excluding hydrogens is 342 g/mol. The van der Waals surface area contributed by atoms with Crippen molar-refractivity contribution >= 4 is 38.1 Å². The minimum atomic E-state index is 0.117. The van der Waals surface area contributed by atoms with Crippen LogP contribution in [0.5, 0.6) is 0 Å². The minimum absolute atomic E-state index is 0.117. The smallest absolute Gasteiger partial charge is 0.227 e. The van der Waals surface area contributed by atoms with Gasteiger partial charge in [0, 0.05) is 17.0 Å². The van der Waals surface area contributed by atoms with Crippen LogP contribution in [0.2, 0.25) is 0 Å². The second-order valence-corrected chi connectivity index (χ2v) is 7.34. The number of fused-ring (bicyclic) bond motifs is 4. The van der Waals surface area contributed by atoms with Gasteiger partial charge in [0.05, 0.1) is 0 Å². The molecule has 1 aromatic heterocycles. The van der Waals surface area contributed by atoms with Gasteiger partial charge in [-0.05, 0) is 51.6 Å². The van der Waals surface area contributed by atoms with Crippen molar-refractivity contribution in [2.75, 3.05) is 0 Å². The number of carbonyl (C=O) groups excluding carboxylic acids is 1. The lowest BCUT2D eigenvalue weighted by Crippen LogP contribution is -2.37. The van der Waals surface area contributed by atoms with Gasteiger partial charge in [-0.1, -0.05) is 60.7 Å². The summed E-state index contributed by atoms with van der Waals surface area (Å²) in [4.78, 5) is 13.0. The molecule has 5 rings (SSSR count). The summed E-state index contributed by atoms with van der Waals surface area (Å²) in [5.74, 6) is 0.117. The summed E-state index contributed by atoms with van der Waals surface area (Å²) in [5, 5.41) is 7.06. The highest BCUT2D eigenvalue weighted by atomic mass is 16.1. The molecule has 4 aromatic carbocycles. The molecule has 28 heavy (non-hydrogen) atoms. The van der Waals surface area contributed by atoms with E-state index in [-0.39, 0.29) is 5.78 Å². The zero-order chi connectivity index (χ0) is 19.1. The molecule has 0 saturated carbocycles. The number of carbonyl (C=O) groups is 1. The molecule has 0 aliphatic rings. The quantitative estimate of drug-likeness (QED) is 0.232. The Balaban J connectivity index is 1.55. The third-order valence-electron chi connectivity index (χ3n) is 5.46. The lowest BCUT2D eigenvalue weighted by molar-refractivity contribution is -0.681. The number of nitrogens with zero attached hydrogens (tertiary/aromatic N) is 1. The molecular formula is C26H20NO+. The molecule has 0 atom stereocenters. The summed E-state index contributed by atoms with van der Waals surface area (Å²) in [5.41, 5.74) is 2.01. The van der Waals surface area contributed by atoms with Gasteiger partial charge in [0.1, 0.15) is 0 Å². The molecule has 134 valence electrons. The van der Waals surface area contributed by atoms with Gasteiger partial charge in [0.2, 0.25) is 12.3 Å². The summed E-state index contributed by atoms with van der Waals surface area (Å²) < 4.78 is 1.96. The fourth-order valence-corrected chi connectivity index (χ4v) is 4.00. The van der Waals surface area contributed by atoms with Crippen LogP contribution < -0.4 is 4.57 Å². The highest BCUT2D eigenvalue weighted by molar-refractivity contribution is 6.11. The van der Waals surface area contributed by atoms with Gasteiger partial charge in [-0.15, -0.1) is 0 Å². The van der Waals surface area contributed by atoms with Crippen molar-refractivity contribution in [1.29, 1.82) is 0 Å². The van der Waals surface area contributed by atoms with Crippen molar-refractivity contribution in [3.8, 4) is 0 Å². The van der Waals surface area contributed by atoms with E-state index in [0.717, 1.165) is 16.3 Å². The lowest BCUT2D eigenvalue weighted by atomic mass is 9.96. The standard InChI is InChI=1S/C26H20NO/c1-18-14-20-10-11-21(15-25(20)24-9-5-4-8-23(18)24)26(28)17-27-13-12-19-6-2-3-7-22(19)16-27/h2-16H,17H2,1H3/q+1. The summed E-state index contributed by atoms with van der Waals surface area (Å²) in [6, 6.07) is 26.9. The second-order valence-electron chi connectivity index (χ2n) is 7.34. The Bertz CT molecular complexity index is 1370. The topological polar surface area (TPSA) is 20.9 Å². The van der Waals surface area contributed by atoms with E-state index < -0.39 is 0 Å². The van der Waals surface area contributed by atoms with Gasteiger partial charge in [0.25, 0.3) is 0 Å². The molecule has 2 heteroatoms. The van der Waals surface area contributed by atoms with E-state index in [9.17, 15) is 4.79 Å². The first-order valence-corrected chi connectivity index (χ1v) is 9.52. The van der Waals surface area contributed by atoms with E-state index >= 15 is 0 Å². The molecule has 2 nitrogen and oxygen atoms in total. The van der Waals surface area contributed by atoms with Gasteiger partial charge in [-0.25, -0.2) is 0 Å². The number of hydrogen-bond donors (Lipinski definition) is 0. The van der Waals surface area contributed by atoms with Crippen LogP contribution in [0.25, 0.3) is 32.3 Å². The fraction of sp³-hybridized carbons (Fsp3) is 0.0769. The van der Waals surface area contributed by atoms with Crippen LogP contribution >= 0.6 is 0 Å². The first-order valence-electron chi connectivity index (χ1n) is 9.52. The third kappa shape index (κ3) is 2.84. The van der Waals surface area contributed by atoms with Gasteiger partial charge in [-0.3, -0.25) is 4.79 Å². The Morgan fingerprint density at radius 3 is 2.36 bits per heavy atom. The monoisotopic (exact) mass is 362 g/mol. The number of pyridine rings is 1. The highest BCUT2D eigenvalue weighted by Crippen LogP contribution is 2.29. The molecule has 0 aliphatic carbocycles. The van der Waals surface area contributed by atoms with Crippen LogP contribution in [0.15, 0.2) is 91.3 Å². The molecule has 0 fully saturated rings. The van der Waals surface area contributed by atoms with E-state index in [0.29, 0.717) is 6.54 Å². The van der Waals surface area contributed by atoms with Crippen LogP contribution in [0.3, 0.4) is 0 Å². The molecule has 0 N–H and O–H groups in total. The lowest BCUT2D eigenvalue weighted by Gasteiger charge is -2.09.